The SMILES string of the molecule is O=C1CCC(CNc2ncnc3c2CCC3)N1. The standard InChI is InChI=1S/C12H16N4O/c17-11-5-4-8(16-11)6-13-12-9-2-1-3-10(9)14-7-15-12/h7-8H,1-6H2,(H,16,17)(H,13,14,15). The van der Waals surface area contributed by atoms with Crippen LogP contribution in [0.15, 0.2) is 6.33 Å². The topological polar surface area (TPSA) is 66.9 Å². The van der Waals surface area contributed by atoms with Crippen LogP contribution in [-0.2, 0) is 17.6 Å². The minimum Gasteiger partial charge on any atom is -0.368 e. The molecule has 2 heterocycles. The van der Waals surface area contributed by atoms with Crippen molar-refractivity contribution in [3.63, 3.8) is 0 Å². The van der Waals surface area contributed by atoms with Gasteiger partial charge in [0.2, 0.25) is 5.91 Å². The Morgan fingerprint density at radius 1 is 1.35 bits per heavy atom. The first-order valence-corrected chi connectivity index (χ1v) is 6.19. The number of carbonyl (C=O) groups is 1. The Kier molecular flexibility index (Phi) is 2.66. The van der Waals surface area contributed by atoms with Crippen LogP contribution in [-0.4, -0.2) is 28.5 Å². The minimum absolute atomic E-state index is 0.157. The van der Waals surface area contributed by atoms with E-state index < -0.39 is 0 Å². The number of aryl methyl sites for hydroxylation is 1. The predicted molar refractivity (Wildman–Crippen MR) is 63.7 cm³/mol. The molecular weight excluding hydrogens is 216 g/mol. The lowest BCUT2D eigenvalue weighted by atomic mass is 10.2. The van der Waals surface area contributed by atoms with Gasteiger partial charge in [0.15, 0.2) is 0 Å². The molecule has 0 radical (unpaired) electrons. The summed E-state index contributed by atoms with van der Waals surface area (Å²) in [6.07, 6.45) is 6.48. The maximum atomic E-state index is 11.1. The van der Waals surface area contributed by atoms with Crippen LogP contribution >= 0.6 is 0 Å². The molecule has 1 unspecified atom stereocenters. The zero-order valence-corrected chi connectivity index (χ0v) is 9.70. The summed E-state index contributed by atoms with van der Waals surface area (Å²) in [4.78, 5) is 19.7. The Balaban J connectivity index is 1.65. The highest BCUT2D eigenvalue weighted by Crippen LogP contribution is 2.25. The van der Waals surface area contributed by atoms with E-state index in [4.69, 9.17) is 0 Å². The van der Waals surface area contributed by atoms with Gasteiger partial charge in [-0.25, -0.2) is 9.97 Å². The van der Waals surface area contributed by atoms with E-state index in [9.17, 15) is 4.79 Å². The zero-order valence-electron chi connectivity index (χ0n) is 9.70. The van der Waals surface area contributed by atoms with Crippen molar-refractivity contribution in [1.82, 2.24) is 15.3 Å². The Morgan fingerprint density at radius 3 is 3.12 bits per heavy atom. The molecule has 1 atom stereocenters. The first-order valence-electron chi connectivity index (χ1n) is 6.19. The van der Waals surface area contributed by atoms with Gasteiger partial charge in [0.25, 0.3) is 0 Å². The Morgan fingerprint density at radius 2 is 2.29 bits per heavy atom. The van der Waals surface area contributed by atoms with E-state index in [1.54, 1.807) is 6.33 Å². The number of carbonyl (C=O) groups excluding carboxylic acids is 1. The van der Waals surface area contributed by atoms with E-state index in [0.717, 1.165) is 31.6 Å². The molecule has 1 aliphatic heterocycles. The van der Waals surface area contributed by atoms with Crippen molar-refractivity contribution in [2.75, 3.05) is 11.9 Å². The van der Waals surface area contributed by atoms with Crippen molar-refractivity contribution < 1.29 is 4.79 Å². The maximum absolute atomic E-state index is 11.1. The highest BCUT2D eigenvalue weighted by molar-refractivity contribution is 5.78. The monoisotopic (exact) mass is 232 g/mol. The second-order valence-electron chi connectivity index (χ2n) is 4.69. The summed E-state index contributed by atoms with van der Waals surface area (Å²) in [5, 5.41) is 6.29. The number of nitrogens with zero attached hydrogens (tertiary/aromatic N) is 2. The molecular formula is C12H16N4O. The first-order chi connectivity index (χ1) is 8.33. The summed E-state index contributed by atoms with van der Waals surface area (Å²) >= 11 is 0. The fourth-order valence-electron chi connectivity index (χ4n) is 2.56. The van der Waals surface area contributed by atoms with Gasteiger partial charge in [-0.2, -0.15) is 0 Å². The summed E-state index contributed by atoms with van der Waals surface area (Å²) in [6, 6.07) is 0.245. The zero-order chi connectivity index (χ0) is 11.7. The lowest BCUT2D eigenvalue weighted by Gasteiger charge is -2.13. The van der Waals surface area contributed by atoms with Gasteiger partial charge in [-0.05, 0) is 25.7 Å². The summed E-state index contributed by atoms with van der Waals surface area (Å²) in [5.41, 5.74) is 2.44. The van der Waals surface area contributed by atoms with Gasteiger partial charge in [-0.3, -0.25) is 4.79 Å². The molecule has 0 spiro atoms. The number of rotatable bonds is 3. The molecule has 5 heteroatoms. The second-order valence-corrected chi connectivity index (χ2v) is 4.69. The van der Waals surface area contributed by atoms with E-state index >= 15 is 0 Å². The van der Waals surface area contributed by atoms with Crippen LogP contribution in [0, 0.1) is 0 Å². The molecule has 1 saturated heterocycles. The minimum atomic E-state index is 0.157. The van der Waals surface area contributed by atoms with Gasteiger partial charge in [-0.1, -0.05) is 0 Å². The summed E-state index contributed by atoms with van der Waals surface area (Å²) < 4.78 is 0. The van der Waals surface area contributed by atoms with Crippen molar-refractivity contribution in [3.8, 4) is 0 Å². The van der Waals surface area contributed by atoms with E-state index in [-0.39, 0.29) is 11.9 Å². The third kappa shape index (κ3) is 2.09. The molecule has 17 heavy (non-hydrogen) atoms. The van der Waals surface area contributed by atoms with E-state index in [1.807, 2.05) is 0 Å². The van der Waals surface area contributed by atoms with Gasteiger partial charge in [0.05, 0.1) is 0 Å². The van der Waals surface area contributed by atoms with Crippen LogP contribution in [0.25, 0.3) is 0 Å². The molecule has 0 bridgehead atoms. The molecule has 3 rings (SSSR count). The van der Waals surface area contributed by atoms with Gasteiger partial charge in [0.1, 0.15) is 12.1 Å². The quantitative estimate of drug-likeness (QED) is 0.803. The average Bonchev–Trinajstić information content (AvgIpc) is 2.94. The molecule has 1 fully saturated rings. The molecule has 1 aromatic heterocycles. The number of hydrogen-bond donors (Lipinski definition) is 2. The van der Waals surface area contributed by atoms with Crippen LogP contribution in [0.1, 0.15) is 30.5 Å². The number of amides is 1. The van der Waals surface area contributed by atoms with E-state index in [0.29, 0.717) is 6.42 Å². The number of anilines is 1. The van der Waals surface area contributed by atoms with Crippen molar-refractivity contribution in [1.29, 1.82) is 0 Å². The predicted octanol–water partition coefficient (Wildman–Crippen LogP) is 0.656. The number of aromatic nitrogens is 2. The normalized spacial score (nSPS) is 22.4. The first kappa shape index (κ1) is 10.5. The van der Waals surface area contributed by atoms with E-state index in [2.05, 4.69) is 20.6 Å². The lowest BCUT2D eigenvalue weighted by Crippen LogP contribution is -2.32. The molecule has 2 N–H and O–H groups in total. The molecule has 1 aromatic rings. The molecule has 1 aliphatic carbocycles. The molecule has 0 aromatic carbocycles. The fraction of sp³-hybridized carbons (Fsp3) is 0.583. The Bertz CT molecular complexity index is 446. The van der Waals surface area contributed by atoms with Crippen molar-refractivity contribution in [2.45, 2.75) is 38.1 Å². The Labute approximate surface area is 100 Å². The average molecular weight is 232 g/mol. The van der Waals surface area contributed by atoms with Gasteiger partial charge in [-0.15, -0.1) is 0 Å². The molecule has 2 aliphatic rings. The molecule has 0 saturated carbocycles. The van der Waals surface area contributed by atoms with Gasteiger partial charge in [0, 0.05) is 30.3 Å². The highest BCUT2D eigenvalue weighted by atomic mass is 16.1. The maximum Gasteiger partial charge on any atom is 0.220 e. The summed E-state index contributed by atoms with van der Waals surface area (Å²) in [5.74, 6) is 1.11. The summed E-state index contributed by atoms with van der Waals surface area (Å²) in [6.45, 7) is 0.759. The number of nitrogens with one attached hydrogen (secondary N) is 2. The van der Waals surface area contributed by atoms with Crippen LogP contribution in [0.3, 0.4) is 0 Å². The van der Waals surface area contributed by atoms with Crippen LogP contribution < -0.4 is 10.6 Å². The van der Waals surface area contributed by atoms with Gasteiger partial charge < -0.3 is 10.6 Å². The summed E-state index contributed by atoms with van der Waals surface area (Å²) in [7, 11) is 0. The second kappa shape index (κ2) is 4.31. The fourth-order valence-corrected chi connectivity index (χ4v) is 2.56. The van der Waals surface area contributed by atoms with Crippen LogP contribution in [0.4, 0.5) is 5.82 Å². The molecule has 90 valence electrons. The van der Waals surface area contributed by atoms with Crippen molar-refractivity contribution in [2.24, 2.45) is 0 Å². The van der Waals surface area contributed by atoms with Crippen molar-refractivity contribution >= 4 is 11.7 Å². The van der Waals surface area contributed by atoms with Gasteiger partial charge >= 0.3 is 0 Å². The largest absolute Gasteiger partial charge is 0.368 e. The van der Waals surface area contributed by atoms with E-state index in [1.165, 1.54) is 17.7 Å². The number of fused-ring (bicyclic) bond motifs is 1. The third-order valence-corrected chi connectivity index (χ3v) is 3.48. The highest BCUT2D eigenvalue weighted by Gasteiger charge is 2.22. The lowest BCUT2D eigenvalue weighted by molar-refractivity contribution is -0.119. The number of hydrogen-bond acceptors (Lipinski definition) is 4. The smallest absolute Gasteiger partial charge is 0.220 e. The van der Waals surface area contributed by atoms with Crippen LogP contribution in [0.5, 0.6) is 0 Å². The Hall–Kier alpha value is -1.65. The molecule has 5 nitrogen and oxygen atoms in total. The third-order valence-electron chi connectivity index (χ3n) is 3.48. The van der Waals surface area contributed by atoms with Crippen LogP contribution in [0.2, 0.25) is 0 Å². The molecule has 1 amide bonds. The van der Waals surface area contributed by atoms with Crippen molar-refractivity contribution in [3.05, 3.63) is 17.6 Å².